The van der Waals surface area contributed by atoms with Crippen LogP contribution in [0.5, 0.6) is 0 Å². The zero-order chi connectivity index (χ0) is 12.3. The molecule has 0 amide bonds. The van der Waals surface area contributed by atoms with Gasteiger partial charge in [0.15, 0.2) is 5.82 Å². The molecule has 16 heavy (non-hydrogen) atoms. The SMILES string of the molecule is CC(C)C(C)c1nnnn1C(C)CC(=O)O. The van der Waals surface area contributed by atoms with Crippen molar-refractivity contribution in [1.82, 2.24) is 20.2 Å². The van der Waals surface area contributed by atoms with Gasteiger partial charge in [0.05, 0.1) is 12.5 Å². The van der Waals surface area contributed by atoms with Crippen molar-refractivity contribution in [2.24, 2.45) is 5.92 Å². The Morgan fingerprint density at radius 2 is 2.00 bits per heavy atom. The molecule has 0 aliphatic heterocycles. The number of hydrogen-bond donors (Lipinski definition) is 1. The molecule has 0 bridgehead atoms. The van der Waals surface area contributed by atoms with Crippen LogP contribution < -0.4 is 0 Å². The fourth-order valence-corrected chi connectivity index (χ4v) is 1.45. The highest BCUT2D eigenvalue weighted by molar-refractivity contribution is 5.67. The van der Waals surface area contributed by atoms with E-state index in [0.717, 1.165) is 5.82 Å². The Bertz CT molecular complexity index is 361. The van der Waals surface area contributed by atoms with E-state index in [2.05, 4.69) is 29.4 Å². The Labute approximate surface area is 94.7 Å². The summed E-state index contributed by atoms with van der Waals surface area (Å²) >= 11 is 0. The van der Waals surface area contributed by atoms with E-state index in [1.54, 1.807) is 11.6 Å². The van der Waals surface area contributed by atoms with Crippen molar-refractivity contribution >= 4 is 5.97 Å². The Hall–Kier alpha value is -1.46. The fraction of sp³-hybridized carbons (Fsp3) is 0.800. The molecule has 0 spiro atoms. The molecule has 1 aromatic rings. The second kappa shape index (κ2) is 5.05. The van der Waals surface area contributed by atoms with E-state index in [0.29, 0.717) is 5.92 Å². The maximum atomic E-state index is 10.6. The van der Waals surface area contributed by atoms with Crippen LogP contribution in [0, 0.1) is 5.92 Å². The zero-order valence-corrected chi connectivity index (χ0v) is 10.1. The zero-order valence-electron chi connectivity index (χ0n) is 10.1. The minimum Gasteiger partial charge on any atom is -0.481 e. The number of aromatic nitrogens is 4. The molecule has 1 heterocycles. The van der Waals surface area contributed by atoms with E-state index in [-0.39, 0.29) is 18.4 Å². The third kappa shape index (κ3) is 2.77. The Morgan fingerprint density at radius 3 is 2.50 bits per heavy atom. The monoisotopic (exact) mass is 226 g/mol. The molecule has 0 aliphatic carbocycles. The lowest BCUT2D eigenvalue weighted by Crippen LogP contribution is -2.18. The number of carboxylic acids is 1. The second-order valence-corrected chi connectivity index (χ2v) is 4.46. The molecule has 1 aromatic heterocycles. The number of carbonyl (C=O) groups is 1. The molecule has 1 rings (SSSR count). The fourth-order valence-electron chi connectivity index (χ4n) is 1.45. The first-order valence-corrected chi connectivity index (χ1v) is 5.43. The first-order chi connectivity index (χ1) is 7.43. The van der Waals surface area contributed by atoms with Gasteiger partial charge in [-0.15, -0.1) is 5.10 Å². The van der Waals surface area contributed by atoms with Crippen LogP contribution in [0.3, 0.4) is 0 Å². The van der Waals surface area contributed by atoms with Gasteiger partial charge in [-0.3, -0.25) is 4.79 Å². The van der Waals surface area contributed by atoms with Crippen LogP contribution in [0.2, 0.25) is 0 Å². The van der Waals surface area contributed by atoms with Gasteiger partial charge in [-0.1, -0.05) is 20.8 Å². The highest BCUT2D eigenvalue weighted by Crippen LogP contribution is 2.23. The van der Waals surface area contributed by atoms with Gasteiger partial charge in [0.1, 0.15) is 0 Å². The highest BCUT2D eigenvalue weighted by Gasteiger charge is 2.21. The van der Waals surface area contributed by atoms with Crippen LogP contribution in [-0.4, -0.2) is 31.3 Å². The molecular formula is C10H18N4O2. The molecule has 2 unspecified atom stereocenters. The predicted molar refractivity (Wildman–Crippen MR) is 58.0 cm³/mol. The Balaban J connectivity index is 2.89. The summed E-state index contributed by atoms with van der Waals surface area (Å²) in [5.41, 5.74) is 0. The normalized spacial score (nSPS) is 15.1. The molecule has 0 saturated carbocycles. The van der Waals surface area contributed by atoms with E-state index in [4.69, 9.17) is 5.11 Å². The summed E-state index contributed by atoms with van der Waals surface area (Å²) in [7, 11) is 0. The minimum atomic E-state index is -0.842. The topological polar surface area (TPSA) is 80.9 Å². The number of carboxylic acid groups (broad SMARTS) is 1. The molecule has 0 aromatic carbocycles. The molecular weight excluding hydrogens is 208 g/mol. The van der Waals surface area contributed by atoms with Crippen molar-refractivity contribution in [1.29, 1.82) is 0 Å². The third-order valence-electron chi connectivity index (χ3n) is 2.81. The van der Waals surface area contributed by atoms with Gasteiger partial charge in [0.25, 0.3) is 0 Å². The van der Waals surface area contributed by atoms with Crippen molar-refractivity contribution in [3.8, 4) is 0 Å². The molecule has 2 atom stereocenters. The molecule has 90 valence electrons. The first-order valence-electron chi connectivity index (χ1n) is 5.43. The highest BCUT2D eigenvalue weighted by atomic mass is 16.4. The van der Waals surface area contributed by atoms with E-state index < -0.39 is 5.97 Å². The van der Waals surface area contributed by atoms with Crippen LogP contribution in [-0.2, 0) is 4.79 Å². The maximum Gasteiger partial charge on any atom is 0.305 e. The predicted octanol–water partition coefficient (Wildman–Crippen LogP) is 1.47. The smallest absolute Gasteiger partial charge is 0.305 e. The number of hydrogen-bond acceptors (Lipinski definition) is 4. The van der Waals surface area contributed by atoms with Gasteiger partial charge in [0.2, 0.25) is 0 Å². The van der Waals surface area contributed by atoms with Crippen molar-refractivity contribution in [2.45, 2.75) is 46.1 Å². The summed E-state index contributed by atoms with van der Waals surface area (Å²) in [6.07, 6.45) is 0.0306. The average molecular weight is 226 g/mol. The lowest BCUT2D eigenvalue weighted by Gasteiger charge is -2.17. The minimum absolute atomic E-state index is 0.0306. The van der Waals surface area contributed by atoms with E-state index in [9.17, 15) is 4.79 Å². The summed E-state index contributed by atoms with van der Waals surface area (Å²) in [6.45, 7) is 8.03. The van der Waals surface area contributed by atoms with Crippen molar-refractivity contribution < 1.29 is 9.90 Å². The van der Waals surface area contributed by atoms with Gasteiger partial charge in [-0.05, 0) is 23.3 Å². The largest absolute Gasteiger partial charge is 0.481 e. The van der Waals surface area contributed by atoms with Crippen LogP contribution >= 0.6 is 0 Å². The molecule has 0 radical (unpaired) electrons. The van der Waals surface area contributed by atoms with Crippen molar-refractivity contribution in [2.75, 3.05) is 0 Å². The average Bonchev–Trinajstić information content (AvgIpc) is 2.63. The first kappa shape index (κ1) is 12.6. The third-order valence-corrected chi connectivity index (χ3v) is 2.81. The Kier molecular flexibility index (Phi) is 3.98. The lowest BCUT2D eigenvalue weighted by molar-refractivity contribution is -0.137. The van der Waals surface area contributed by atoms with E-state index in [1.165, 1.54) is 0 Å². The Morgan fingerprint density at radius 1 is 1.38 bits per heavy atom. The van der Waals surface area contributed by atoms with Gasteiger partial charge in [-0.2, -0.15) is 0 Å². The van der Waals surface area contributed by atoms with E-state index in [1.807, 2.05) is 6.92 Å². The van der Waals surface area contributed by atoms with Crippen LogP contribution in [0.25, 0.3) is 0 Å². The number of tetrazole rings is 1. The van der Waals surface area contributed by atoms with Crippen molar-refractivity contribution in [3.05, 3.63) is 5.82 Å². The summed E-state index contributed by atoms with van der Waals surface area (Å²) in [5, 5.41) is 20.2. The standard InChI is InChI=1S/C10H18N4O2/c1-6(2)8(4)10-11-12-13-14(10)7(3)5-9(15)16/h6-8H,5H2,1-4H3,(H,15,16). The summed E-state index contributed by atoms with van der Waals surface area (Å²) in [6, 6.07) is -0.219. The summed E-state index contributed by atoms with van der Waals surface area (Å²) in [4.78, 5) is 10.6. The lowest BCUT2D eigenvalue weighted by atomic mass is 9.97. The number of rotatable bonds is 5. The quantitative estimate of drug-likeness (QED) is 0.822. The van der Waals surface area contributed by atoms with Crippen LogP contribution in [0.15, 0.2) is 0 Å². The summed E-state index contributed by atoms with van der Waals surface area (Å²) < 4.78 is 1.61. The molecule has 6 nitrogen and oxygen atoms in total. The van der Waals surface area contributed by atoms with Gasteiger partial charge in [-0.25, -0.2) is 4.68 Å². The van der Waals surface area contributed by atoms with Crippen LogP contribution in [0.1, 0.15) is 51.9 Å². The van der Waals surface area contributed by atoms with Gasteiger partial charge >= 0.3 is 5.97 Å². The van der Waals surface area contributed by atoms with Gasteiger partial charge < -0.3 is 5.11 Å². The number of nitrogens with zero attached hydrogens (tertiary/aromatic N) is 4. The molecule has 6 heteroatoms. The molecule has 0 aliphatic rings. The molecule has 0 fully saturated rings. The molecule has 0 saturated heterocycles. The van der Waals surface area contributed by atoms with Crippen LogP contribution in [0.4, 0.5) is 0 Å². The van der Waals surface area contributed by atoms with Gasteiger partial charge in [0, 0.05) is 5.92 Å². The second-order valence-electron chi connectivity index (χ2n) is 4.46. The maximum absolute atomic E-state index is 10.6. The van der Waals surface area contributed by atoms with E-state index >= 15 is 0 Å². The number of aliphatic carboxylic acids is 1. The van der Waals surface area contributed by atoms with Crippen molar-refractivity contribution in [3.63, 3.8) is 0 Å². The summed E-state index contributed by atoms with van der Waals surface area (Å²) in [5.74, 6) is 0.544. The molecule has 1 N–H and O–H groups in total.